The van der Waals surface area contributed by atoms with Crippen LogP contribution in [0.5, 0.6) is 11.5 Å². The number of nitrogens with zero attached hydrogens (tertiary/aromatic N) is 1. The van der Waals surface area contributed by atoms with Gasteiger partial charge in [-0.2, -0.15) is 0 Å². The highest BCUT2D eigenvalue weighted by Crippen LogP contribution is 2.32. The molecule has 0 atom stereocenters. The Morgan fingerprint density at radius 3 is 2.12 bits per heavy atom. The molecule has 1 N–H and O–H groups in total. The number of hydrogen-bond donors (Lipinski definition) is 1. The fraction of sp³-hybridized carbons (Fsp3) is 0.212. The van der Waals surface area contributed by atoms with Crippen molar-refractivity contribution in [3.05, 3.63) is 120 Å². The Kier molecular flexibility index (Phi) is 9.51. The Morgan fingerprint density at radius 1 is 0.775 bits per heavy atom. The maximum Gasteiger partial charge on any atom is 0.410 e. The van der Waals surface area contributed by atoms with Crippen molar-refractivity contribution >= 4 is 23.8 Å². The molecule has 0 spiro atoms. The number of carbonyl (C=O) groups excluding carboxylic acids is 1. The van der Waals surface area contributed by atoms with Crippen LogP contribution in [0, 0.1) is 0 Å². The fourth-order valence-corrected chi connectivity index (χ4v) is 4.79. The molecule has 0 aliphatic heterocycles. The van der Waals surface area contributed by atoms with E-state index in [0.717, 1.165) is 20.9 Å². The van der Waals surface area contributed by atoms with Crippen molar-refractivity contribution < 1.29 is 24.2 Å². The number of carbonyl (C=O) groups is 2. The molecule has 0 heterocycles. The van der Waals surface area contributed by atoms with E-state index < -0.39 is 11.6 Å². The van der Waals surface area contributed by atoms with Gasteiger partial charge in [0, 0.05) is 22.9 Å². The Morgan fingerprint density at radius 2 is 1.45 bits per heavy atom. The van der Waals surface area contributed by atoms with Crippen molar-refractivity contribution in [1.29, 1.82) is 0 Å². The fourth-order valence-electron chi connectivity index (χ4n) is 3.92. The molecule has 0 aliphatic rings. The zero-order valence-corrected chi connectivity index (χ0v) is 23.7. The SMILES string of the molecule is CC(C)(C)OC(=O)N(CCc1ccc(Sc2cccc(Oc3cccc(C(=O)O)c3)c2)cc1)Cc1ccccc1. The number of ether oxygens (including phenoxy) is 2. The summed E-state index contributed by atoms with van der Waals surface area (Å²) in [6.07, 6.45) is 0.385. The number of hydrogen-bond acceptors (Lipinski definition) is 5. The quantitative estimate of drug-likeness (QED) is 0.212. The number of aromatic carboxylic acids is 1. The van der Waals surface area contributed by atoms with Gasteiger partial charge in [-0.15, -0.1) is 0 Å². The highest BCUT2D eigenvalue weighted by atomic mass is 32.2. The molecule has 4 aromatic carbocycles. The summed E-state index contributed by atoms with van der Waals surface area (Å²) in [5.41, 5.74) is 1.80. The van der Waals surface area contributed by atoms with E-state index in [9.17, 15) is 14.7 Å². The van der Waals surface area contributed by atoms with E-state index in [2.05, 4.69) is 24.3 Å². The average Bonchev–Trinajstić information content (AvgIpc) is 2.92. The van der Waals surface area contributed by atoms with Gasteiger partial charge in [0.05, 0.1) is 5.56 Å². The van der Waals surface area contributed by atoms with Crippen LogP contribution in [-0.4, -0.2) is 34.2 Å². The maximum atomic E-state index is 12.9. The first-order chi connectivity index (χ1) is 19.1. The summed E-state index contributed by atoms with van der Waals surface area (Å²) in [4.78, 5) is 27.9. The van der Waals surface area contributed by atoms with Crippen molar-refractivity contribution in [3.8, 4) is 11.5 Å². The summed E-state index contributed by atoms with van der Waals surface area (Å²) in [6.45, 7) is 6.66. The van der Waals surface area contributed by atoms with Gasteiger partial charge in [0.1, 0.15) is 17.1 Å². The molecule has 4 rings (SSSR count). The van der Waals surface area contributed by atoms with E-state index in [1.165, 1.54) is 12.1 Å². The van der Waals surface area contributed by atoms with Gasteiger partial charge in [-0.05, 0) is 86.8 Å². The minimum atomic E-state index is -0.994. The number of rotatable bonds is 10. The normalized spacial score (nSPS) is 11.1. The average molecular weight is 556 g/mol. The van der Waals surface area contributed by atoms with Gasteiger partial charge in [0.2, 0.25) is 0 Å². The molecule has 0 saturated carbocycles. The van der Waals surface area contributed by atoms with Crippen LogP contribution in [0.15, 0.2) is 113 Å². The second-order valence-corrected chi connectivity index (χ2v) is 11.4. The van der Waals surface area contributed by atoms with Crippen LogP contribution in [0.4, 0.5) is 4.79 Å². The third-order valence-corrected chi connectivity index (χ3v) is 6.82. The van der Waals surface area contributed by atoms with Crippen molar-refractivity contribution in [2.45, 2.75) is 49.1 Å². The van der Waals surface area contributed by atoms with Crippen LogP contribution in [-0.2, 0) is 17.7 Å². The molecule has 0 saturated heterocycles. The van der Waals surface area contributed by atoms with Crippen LogP contribution >= 0.6 is 11.8 Å². The van der Waals surface area contributed by atoms with Crippen LogP contribution in [0.3, 0.4) is 0 Å². The second kappa shape index (κ2) is 13.2. The van der Waals surface area contributed by atoms with E-state index in [1.54, 1.807) is 28.8 Å². The zero-order valence-electron chi connectivity index (χ0n) is 22.9. The number of amides is 1. The lowest BCUT2D eigenvalue weighted by Crippen LogP contribution is -2.37. The smallest absolute Gasteiger partial charge is 0.410 e. The molecule has 0 aliphatic carbocycles. The maximum absolute atomic E-state index is 12.9. The first-order valence-electron chi connectivity index (χ1n) is 13.0. The summed E-state index contributed by atoms with van der Waals surface area (Å²) in [6, 6.07) is 32.3. The molecular weight excluding hydrogens is 522 g/mol. The van der Waals surface area contributed by atoms with Crippen LogP contribution < -0.4 is 4.74 Å². The van der Waals surface area contributed by atoms with Crippen LogP contribution in [0.1, 0.15) is 42.3 Å². The molecule has 6 nitrogen and oxygen atoms in total. The highest BCUT2D eigenvalue weighted by Gasteiger charge is 2.22. The lowest BCUT2D eigenvalue weighted by Gasteiger charge is -2.27. The molecule has 4 aromatic rings. The standard InChI is InChI=1S/C33H33NO5S/c1-33(2,3)39-32(37)34(23-25-9-5-4-6-10-25)20-19-24-15-17-29(18-16-24)40-30-14-8-13-28(22-30)38-27-12-7-11-26(21-27)31(35)36/h4-18,21-22H,19-20,23H2,1-3H3,(H,35,36). The minimum Gasteiger partial charge on any atom is -0.478 e. The van der Waals surface area contributed by atoms with Gasteiger partial charge >= 0.3 is 12.1 Å². The molecule has 0 fully saturated rings. The molecule has 0 unspecified atom stereocenters. The number of carboxylic acids is 1. The Bertz CT molecular complexity index is 1430. The molecule has 0 radical (unpaired) electrons. The van der Waals surface area contributed by atoms with Crippen molar-refractivity contribution in [2.24, 2.45) is 0 Å². The predicted octanol–water partition coefficient (Wildman–Crippen LogP) is 8.31. The monoisotopic (exact) mass is 555 g/mol. The van der Waals surface area contributed by atoms with E-state index >= 15 is 0 Å². The summed E-state index contributed by atoms with van der Waals surface area (Å²) < 4.78 is 11.6. The summed E-state index contributed by atoms with van der Waals surface area (Å²) in [5, 5.41) is 9.21. The van der Waals surface area contributed by atoms with Gasteiger partial charge in [0.25, 0.3) is 0 Å². The first-order valence-corrected chi connectivity index (χ1v) is 13.9. The zero-order chi connectivity index (χ0) is 28.5. The highest BCUT2D eigenvalue weighted by molar-refractivity contribution is 7.99. The van der Waals surface area contributed by atoms with Gasteiger partial charge in [-0.3, -0.25) is 0 Å². The second-order valence-electron chi connectivity index (χ2n) is 10.3. The van der Waals surface area contributed by atoms with E-state index in [4.69, 9.17) is 9.47 Å². The molecule has 206 valence electrons. The summed E-state index contributed by atoms with van der Waals surface area (Å²) >= 11 is 1.61. The van der Waals surface area contributed by atoms with E-state index in [0.29, 0.717) is 31.0 Å². The third kappa shape index (κ3) is 8.92. The summed E-state index contributed by atoms with van der Waals surface area (Å²) in [7, 11) is 0. The van der Waals surface area contributed by atoms with Crippen molar-refractivity contribution in [3.63, 3.8) is 0 Å². The Balaban J connectivity index is 1.37. The Labute approximate surface area is 239 Å². The number of benzene rings is 4. The third-order valence-electron chi connectivity index (χ3n) is 5.82. The molecule has 7 heteroatoms. The van der Waals surface area contributed by atoms with Gasteiger partial charge in [-0.25, -0.2) is 9.59 Å². The van der Waals surface area contributed by atoms with E-state index in [-0.39, 0.29) is 11.7 Å². The van der Waals surface area contributed by atoms with Gasteiger partial charge in [0.15, 0.2) is 0 Å². The largest absolute Gasteiger partial charge is 0.478 e. The van der Waals surface area contributed by atoms with E-state index in [1.807, 2.05) is 75.4 Å². The molecule has 40 heavy (non-hydrogen) atoms. The molecule has 0 aromatic heterocycles. The van der Waals surface area contributed by atoms with Crippen molar-refractivity contribution in [2.75, 3.05) is 6.54 Å². The lowest BCUT2D eigenvalue weighted by molar-refractivity contribution is 0.0235. The summed E-state index contributed by atoms with van der Waals surface area (Å²) in [5.74, 6) is 0.107. The topological polar surface area (TPSA) is 76.1 Å². The Hall–Kier alpha value is -4.23. The first kappa shape index (κ1) is 28.8. The minimum absolute atomic E-state index is 0.178. The number of carboxylic acid groups (broad SMARTS) is 1. The van der Waals surface area contributed by atoms with Crippen molar-refractivity contribution in [1.82, 2.24) is 4.90 Å². The molecular formula is C33H33NO5S. The van der Waals surface area contributed by atoms with Gasteiger partial charge in [-0.1, -0.05) is 66.4 Å². The lowest BCUT2D eigenvalue weighted by atomic mass is 10.1. The molecule has 0 bridgehead atoms. The predicted molar refractivity (Wildman–Crippen MR) is 157 cm³/mol. The van der Waals surface area contributed by atoms with Gasteiger partial charge < -0.3 is 19.5 Å². The van der Waals surface area contributed by atoms with Crippen LogP contribution in [0.2, 0.25) is 0 Å². The van der Waals surface area contributed by atoms with Crippen LogP contribution in [0.25, 0.3) is 0 Å². The molecule has 1 amide bonds.